The molecule has 1 amide bonds. The molecule has 2 aromatic heterocycles. The lowest BCUT2D eigenvalue weighted by molar-refractivity contribution is 0.0952. The van der Waals surface area contributed by atoms with E-state index in [4.69, 9.17) is 0 Å². The van der Waals surface area contributed by atoms with Crippen LogP contribution in [0.2, 0.25) is 0 Å². The Bertz CT molecular complexity index is 687. The number of fused-ring (bicyclic) bond motifs is 3. The predicted octanol–water partition coefficient (Wildman–Crippen LogP) is 2.28. The van der Waals surface area contributed by atoms with E-state index in [1.165, 1.54) is 36.9 Å². The fourth-order valence-electron chi connectivity index (χ4n) is 3.10. The van der Waals surface area contributed by atoms with Gasteiger partial charge in [-0.2, -0.15) is 5.10 Å². The van der Waals surface area contributed by atoms with Gasteiger partial charge in [-0.05, 0) is 44.1 Å². The highest BCUT2D eigenvalue weighted by molar-refractivity contribution is 5.99. The van der Waals surface area contributed by atoms with Gasteiger partial charge in [0.1, 0.15) is 5.56 Å². The minimum Gasteiger partial charge on any atom is -0.349 e. The van der Waals surface area contributed by atoms with Crippen LogP contribution in [0.4, 0.5) is 0 Å². The number of aryl methyl sites for hydroxylation is 2. The number of nitrogens with zero attached hydrogens (tertiary/aromatic N) is 3. The molecule has 1 fully saturated rings. The van der Waals surface area contributed by atoms with E-state index in [1.807, 2.05) is 10.7 Å². The Hall–Kier alpha value is -1.91. The van der Waals surface area contributed by atoms with Crippen molar-refractivity contribution in [2.24, 2.45) is 0 Å². The molecule has 2 aliphatic carbocycles. The highest BCUT2D eigenvalue weighted by atomic mass is 16.1. The van der Waals surface area contributed by atoms with Crippen LogP contribution in [-0.2, 0) is 12.8 Å². The highest BCUT2D eigenvalue weighted by Gasteiger charge is 2.26. The van der Waals surface area contributed by atoms with Crippen molar-refractivity contribution in [2.45, 2.75) is 57.4 Å². The molecule has 0 unspecified atom stereocenters. The molecule has 0 radical (unpaired) electrons. The SMILES string of the molecule is O=C(NC1CC1)c1cnn2c3c(cnc12)CCCCCC3. The summed E-state index contributed by atoms with van der Waals surface area (Å²) in [4.78, 5) is 16.8. The van der Waals surface area contributed by atoms with Gasteiger partial charge < -0.3 is 5.32 Å². The third-order valence-corrected chi connectivity index (χ3v) is 4.48. The van der Waals surface area contributed by atoms with E-state index >= 15 is 0 Å². The number of amides is 1. The summed E-state index contributed by atoms with van der Waals surface area (Å²) in [7, 11) is 0. The average molecular weight is 284 g/mol. The van der Waals surface area contributed by atoms with Crippen LogP contribution in [-0.4, -0.2) is 26.5 Å². The molecule has 0 saturated heterocycles. The minimum absolute atomic E-state index is 0.0363. The van der Waals surface area contributed by atoms with Crippen molar-refractivity contribution in [3.8, 4) is 0 Å². The maximum atomic E-state index is 12.3. The quantitative estimate of drug-likeness (QED) is 0.920. The number of rotatable bonds is 2. The van der Waals surface area contributed by atoms with Crippen molar-refractivity contribution in [3.05, 3.63) is 29.2 Å². The first-order valence-electron chi connectivity index (χ1n) is 7.98. The Morgan fingerprint density at radius 2 is 1.95 bits per heavy atom. The van der Waals surface area contributed by atoms with Crippen LogP contribution in [0.1, 0.15) is 60.1 Å². The van der Waals surface area contributed by atoms with E-state index in [2.05, 4.69) is 15.4 Å². The van der Waals surface area contributed by atoms with Gasteiger partial charge in [0.25, 0.3) is 5.91 Å². The maximum absolute atomic E-state index is 12.3. The van der Waals surface area contributed by atoms with Gasteiger partial charge in [0.15, 0.2) is 5.65 Å². The second kappa shape index (κ2) is 5.13. The van der Waals surface area contributed by atoms with Crippen LogP contribution in [0.3, 0.4) is 0 Å². The molecule has 1 saturated carbocycles. The Balaban J connectivity index is 1.74. The lowest BCUT2D eigenvalue weighted by Crippen LogP contribution is -2.25. The van der Waals surface area contributed by atoms with Crippen LogP contribution in [0.25, 0.3) is 5.65 Å². The molecule has 0 aliphatic heterocycles. The predicted molar refractivity (Wildman–Crippen MR) is 79.4 cm³/mol. The van der Waals surface area contributed by atoms with Crippen LogP contribution in [0, 0.1) is 0 Å². The topological polar surface area (TPSA) is 59.3 Å². The summed E-state index contributed by atoms with van der Waals surface area (Å²) in [5.74, 6) is -0.0363. The van der Waals surface area contributed by atoms with E-state index in [0.29, 0.717) is 17.3 Å². The summed E-state index contributed by atoms with van der Waals surface area (Å²) < 4.78 is 1.89. The van der Waals surface area contributed by atoms with E-state index in [9.17, 15) is 4.79 Å². The molecule has 1 N–H and O–H groups in total. The monoisotopic (exact) mass is 284 g/mol. The molecule has 2 aliphatic rings. The Morgan fingerprint density at radius 1 is 1.14 bits per heavy atom. The van der Waals surface area contributed by atoms with Gasteiger partial charge in [0, 0.05) is 17.9 Å². The Labute approximate surface area is 123 Å². The summed E-state index contributed by atoms with van der Waals surface area (Å²) in [6.07, 6.45) is 12.9. The molecule has 21 heavy (non-hydrogen) atoms. The van der Waals surface area contributed by atoms with Gasteiger partial charge in [-0.3, -0.25) is 4.79 Å². The van der Waals surface area contributed by atoms with Gasteiger partial charge in [-0.1, -0.05) is 12.8 Å². The summed E-state index contributed by atoms with van der Waals surface area (Å²) in [6, 6.07) is 0.358. The second-order valence-electron chi connectivity index (χ2n) is 6.19. The number of carbonyl (C=O) groups is 1. The van der Waals surface area contributed by atoms with Gasteiger partial charge in [-0.15, -0.1) is 0 Å². The number of hydrogen-bond donors (Lipinski definition) is 1. The van der Waals surface area contributed by atoms with Gasteiger partial charge >= 0.3 is 0 Å². The lowest BCUT2D eigenvalue weighted by atomic mass is 9.98. The zero-order valence-electron chi connectivity index (χ0n) is 12.1. The molecule has 0 atom stereocenters. The highest BCUT2D eigenvalue weighted by Crippen LogP contribution is 2.23. The maximum Gasteiger partial charge on any atom is 0.256 e. The summed E-state index contributed by atoms with van der Waals surface area (Å²) >= 11 is 0. The third kappa shape index (κ3) is 2.41. The van der Waals surface area contributed by atoms with Crippen molar-refractivity contribution < 1.29 is 4.79 Å². The van der Waals surface area contributed by atoms with Gasteiger partial charge in [-0.25, -0.2) is 9.50 Å². The largest absolute Gasteiger partial charge is 0.349 e. The standard InChI is InChI=1S/C16H20N4O/c21-16(19-12-7-8-12)13-10-18-20-14-6-4-2-1-3-5-11(14)9-17-15(13)20/h9-10,12H,1-8H2,(H,19,21). The first kappa shape index (κ1) is 12.8. The molecule has 110 valence electrons. The molecular weight excluding hydrogens is 264 g/mol. The van der Waals surface area contributed by atoms with E-state index in [-0.39, 0.29) is 5.91 Å². The van der Waals surface area contributed by atoms with Gasteiger partial charge in [0.05, 0.1) is 6.20 Å². The zero-order valence-corrected chi connectivity index (χ0v) is 12.1. The van der Waals surface area contributed by atoms with Crippen molar-refractivity contribution in [3.63, 3.8) is 0 Å². The van der Waals surface area contributed by atoms with Crippen molar-refractivity contribution in [1.29, 1.82) is 0 Å². The summed E-state index contributed by atoms with van der Waals surface area (Å²) in [5.41, 5.74) is 3.84. The number of carbonyl (C=O) groups excluding carboxylic acids is 1. The molecule has 2 heterocycles. The Morgan fingerprint density at radius 3 is 2.76 bits per heavy atom. The van der Waals surface area contributed by atoms with Crippen LogP contribution in [0.15, 0.2) is 12.4 Å². The molecule has 5 nitrogen and oxygen atoms in total. The lowest BCUT2D eigenvalue weighted by Gasteiger charge is -2.14. The molecular formula is C16H20N4O. The van der Waals surface area contributed by atoms with E-state index in [1.54, 1.807) is 6.20 Å². The summed E-state index contributed by atoms with van der Waals surface area (Å²) in [6.45, 7) is 0. The molecule has 0 bridgehead atoms. The molecule has 2 aromatic rings. The van der Waals surface area contributed by atoms with Crippen LogP contribution < -0.4 is 5.32 Å². The average Bonchev–Trinajstić information content (AvgIpc) is 3.15. The first-order chi connectivity index (χ1) is 10.3. The fourth-order valence-corrected chi connectivity index (χ4v) is 3.10. The van der Waals surface area contributed by atoms with Crippen LogP contribution in [0.5, 0.6) is 0 Å². The zero-order chi connectivity index (χ0) is 14.2. The molecule has 0 spiro atoms. The Kier molecular flexibility index (Phi) is 3.13. The van der Waals surface area contributed by atoms with Gasteiger partial charge in [0.2, 0.25) is 0 Å². The first-order valence-corrected chi connectivity index (χ1v) is 7.98. The smallest absolute Gasteiger partial charge is 0.256 e. The van der Waals surface area contributed by atoms with Crippen molar-refractivity contribution in [1.82, 2.24) is 19.9 Å². The summed E-state index contributed by atoms with van der Waals surface area (Å²) in [5, 5.41) is 7.46. The fraction of sp³-hybridized carbons (Fsp3) is 0.562. The minimum atomic E-state index is -0.0363. The third-order valence-electron chi connectivity index (χ3n) is 4.48. The molecule has 5 heteroatoms. The normalized spacial score (nSPS) is 18.9. The second-order valence-corrected chi connectivity index (χ2v) is 6.19. The van der Waals surface area contributed by atoms with E-state index < -0.39 is 0 Å². The van der Waals surface area contributed by atoms with Crippen molar-refractivity contribution >= 4 is 11.6 Å². The van der Waals surface area contributed by atoms with Crippen LogP contribution >= 0.6 is 0 Å². The van der Waals surface area contributed by atoms with Crippen molar-refractivity contribution in [2.75, 3.05) is 0 Å². The number of nitrogens with one attached hydrogen (secondary N) is 1. The number of hydrogen-bond acceptors (Lipinski definition) is 3. The molecule has 0 aromatic carbocycles. The molecule has 4 rings (SSSR count). The number of aromatic nitrogens is 3. The van der Waals surface area contributed by atoms with E-state index in [0.717, 1.165) is 25.7 Å².